The molecule has 2 rings (SSSR count). The summed E-state index contributed by atoms with van der Waals surface area (Å²) in [5.74, 6) is 0.845. The maximum atomic E-state index is 6.19. The van der Waals surface area contributed by atoms with Crippen LogP contribution in [0.1, 0.15) is 69.8 Å². The lowest BCUT2D eigenvalue weighted by molar-refractivity contribution is 0.417. The average molecular weight is 277 g/mol. The first-order chi connectivity index (χ1) is 9.69. The van der Waals surface area contributed by atoms with Crippen LogP contribution in [-0.4, -0.2) is 15.8 Å². The van der Waals surface area contributed by atoms with Gasteiger partial charge in [0, 0.05) is 18.3 Å². The number of nitrogens with zero attached hydrogens (tertiary/aromatic N) is 2. The quantitative estimate of drug-likeness (QED) is 0.829. The summed E-state index contributed by atoms with van der Waals surface area (Å²) < 4.78 is 2.31. The lowest BCUT2D eigenvalue weighted by Crippen LogP contribution is -2.22. The summed E-state index contributed by atoms with van der Waals surface area (Å²) in [7, 11) is 0. The number of nitrogens with two attached hydrogens (primary N) is 1. The minimum absolute atomic E-state index is 0.273. The summed E-state index contributed by atoms with van der Waals surface area (Å²) in [4.78, 5) is 0. The predicted molar refractivity (Wildman–Crippen MR) is 84.9 cm³/mol. The SMILES string of the molecule is CCc1nn(CC2CCCC2)c(CC)c1CC(N)CC. The normalized spacial score (nSPS) is 17.8. The monoisotopic (exact) mass is 277 g/mol. The second-order valence-corrected chi connectivity index (χ2v) is 6.28. The fourth-order valence-corrected chi connectivity index (χ4v) is 3.50. The molecule has 1 aliphatic carbocycles. The van der Waals surface area contributed by atoms with E-state index in [2.05, 4.69) is 25.5 Å². The van der Waals surface area contributed by atoms with Crippen molar-refractivity contribution in [2.75, 3.05) is 0 Å². The van der Waals surface area contributed by atoms with Crippen LogP contribution in [0.25, 0.3) is 0 Å². The van der Waals surface area contributed by atoms with Gasteiger partial charge in [0.2, 0.25) is 0 Å². The van der Waals surface area contributed by atoms with Crippen LogP contribution < -0.4 is 5.73 Å². The van der Waals surface area contributed by atoms with Gasteiger partial charge in [0.1, 0.15) is 0 Å². The van der Waals surface area contributed by atoms with Crippen molar-refractivity contribution >= 4 is 0 Å². The first-order valence-electron chi connectivity index (χ1n) is 8.52. The van der Waals surface area contributed by atoms with Gasteiger partial charge in [-0.25, -0.2) is 0 Å². The van der Waals surface area contributed by atoms with Crippen LogP contribution in [0.4, 0.5) is 0 Å². The van der Waals surface area contributed by atoms with E-state index in [0.717, 1.165) is 38.1 Å². The Balaban J connectivity index is 2.22. The molecular weight excluding hydrogens is 246 g/mol. The summed E-state index contributed by atoms with van der Waals surface area (Å²) in [6, 6.07) is 0.273. The molecule has 3 nitrogen and oxygen atoms in total. The molecule has 0 amide bonds. The molecule has 1 atom stereocenters. The maximum Gasteiger partial charge on any atom is 0.0657 e. The Morgan fingerprint density at radius 2 is 1.90 bits per heavy atom. The zero-order chi connectivity index (χ0) is 14.5. The van der Waals surface area contributed by atoms with E-state index in [0.29, 0.717) is 0 Å². The first kappa shape index (κ1) is 15.6. The zero-order valence-electron chi connectivity index (χ0n) is 13.5. The van der Waals surface area contributed by atoms with Gasteiger partial charge in [0.05, 0.1) is 5.69 Å². The van der Waals surface area contributed by atoms with Crippen molar-refractivity contribution in [2.45, 2.75) is 84.7 Å². The second kappa shape index (κ2) is 7.26. The van der Waals surface area contributed by atoms with E-state index in [1.807, 2.05) is 0 Å². The van der Waals surface area contributed by atoms with E-state index < -0.39 is 0 Å². The lowest BCUT2D eigenvalue weighted by Gasteiger charge is -2.14. The van der Waals surface area contributed by atoms with Crippen molar-refractivity contribution in [3.63, 3.8) is 0 Å². The van der Waals surface area contributed by atoms with Gasteiger partial charge in [0.15, 0.2) is 0 Å². The molecule has 2 N–H and O–H groups in total. The number of hydrogen-bond donors (Lipinski definition) is 1. The molecule has 1 heterocycles. The molecule has 1 fully saturated rings. The summed E-state index contributed by atoms with van der Waals surface area (Å²) >= 11 is 0. The minimum Gasteiger partial charge on any atom is -0.327 e. The van der Waals surface area contributed by atoms with Crippen LogP contribution >= 0.6 is 0 Å². The maximum absolute atomic E-state index is 6.19. The number of rotatable bonds is 7. The van der Waals surface area contributed by atoms with Crippen molar-refractivity contribution in [2.24, 2.45) is 11.7 Å². The highest BCUT2D eigenvalue weighted by Gasteiger charge is 2.21. The third-order valence-corrected chi connectivity index (χ3v) is 4.82. The Hall–Kier alpha value is -0.830. The third-order valence-electron chi connectivity index (χ3n) is 4.82. The van der Waals surface area contributed by atoms with E-state index in [4.69, 9.17) is 10.8 Å². The summed E-state index contributed by atoms with van der Waals surface area (Å²) in [6.07, 6.45) is 9.71. The molecular formula is C17H31N3. The van der Waals surface area contributed by atoms with E-state index >= 15 is 0 Å². The number of aryl methyl sites for hydroxylation is 1. The molecule has 20 heavy (non-hydrogen) atoms. The van der Waals surface area contributed by atoms with Gasteiger partial charge < -0.3 is 5.73 Å². The zero-order valence-corrected chi connectivity index (χ0v) is 13.5. The topological polar surface area (TPSA) is 43.8 Å². The Morgan fingerprint density at radius 3 is 2.45 bits per heavy atom. The second-order valence-electron chi connectivity index (χ2n) is 6.28. The molecule has 0 bridgehead atoms. The van der Waals surface area contributed by atoms with Crippen LogP contribution in [0, 0.1) is 5.92 Å². The van der Waals surface area contributed by atoms with Gasteiger partial charge >= 0.3 is 0 Å². The average Bonchev–Trinajstić information content (AvgIpc) is 3.07. The van der Waals surface area contributed by atoms with E-state index in [1.165, 1.54) is 42.6 Å². The highest BCUT2D eigenvalue weighted by molar-refractivity contribution is 5.28. The van der Waals surface area contributed by atoms with Gasteiger partial charge in [-0.15, -0.1) is 0 Å². The van der Waals surface area contributed by atoms with Crippen molar-refractivity contribution in [1.82, 2.24) is 9.78 Å². The molecule has 114 valence electrons. The van der Waals surface area contributed by atoms with Crippen LogP contribution in [0.15, 0.2) is 0 Å². The van der Waals surface area contributed by atoms with Crippen molar-refractivity contribution in [3.8, 4) is 0 Å². The van der Waals surface area contributed by atoms with Gasteiger partial charge in [-0.2, -0.15) is 5.10 Å². The fourth-order valence-electron chi connectivity index (χ4n) is 3.50. The highest BCUT2D eigenvalue weighted by Crippen LogP contribution is 2.28. The molecule has 3 heteroatoms. The van der Waals surface area contributed by atoms with Crippen molar-refractivity contribution in [1.29, 1.82) is 0 Å². The Morgan fingerprint density at radius 1 is 1.20 bits per heavy atom. The van der Waals surface area contributed by atoms with Crippen LogP contribution in [0.3, 0.4) is 0 Å². The molecule has 1 aliphatic rings. The molecule has 1 saturated carbocycles. The predicted octanol–water partition coefficient (Wildman–Crippen LogP) is 3.48. The van der Waals surface area contributed by atoms with Crippen LogP contribution in [0.2, 0.25) is 0 Å². The molecule has 0 aliphatic heterocycles. The highest BCUT2D eigenvalue weighted by atomic mass is 15.3. The van der Waals surface area contributed by atoms with E-state index in [1.54, 1.807) is 0 Å². The third kappa shape index (κ3) is 3.43. The molecule has 1 unspecified atom stereocenters. The summed E-state index contributed by atoms with van der Waals surface area (Å²) in [5.41, 5.74) is 10.4. The Labute approximate surface area is 123 Å². The van der Waals surface area contributed by atoms with Crippen LogP contribution in [-0.2, 0) is 25.8 Å². The van der Waals surface area contributed by atoms with E-state index in [9.17, 15) is 0 Å². The molecule has 0 aromatic carbocycles. The van der Waals surface area contributed by atoms with E-state index in [-0.39, 0.29) is 6.04 Å². The van der Waals surface area contributed by atoms with Gasteiger partial charge in [0.25, 0.3) is 0 Å². The first-order valence-corrected chi connectivity index (χ1v) is 8.52. The molecule has 0 spiro atoms. The van der Waals surface area contributed by atoms with Gasteiger partial charge in [-0.05, 0) is 50.0 Å². The minimum atomic E-state index is 0.273. The van der Waals surface area contributed by atoms with Gasteiger partial charge in [-0.1, -0.05) is 33.6 Å². The van der Waals surface area contributed by atoms with Crippen LogP contribution in [0.5, 0.6) is 0 Å². The van der Waals surface area contributed by atoms with Crippen molar-refractivity contribution < 1.29 is 0 Å². The Kier molecular flexibility index (Phi) is 5.64. The molecule has 0 radical (unpaired) electrons. The number of hydrogen-bond acceptors (Lipinski definition) is 2. The standard InChI is InChI=1S/C17H31N3/c1-4-14(18)11-15-16(5-2)19-20(17(15)6-3)12-13-9-7-8-10-13/h13-14H,4-12,18H2,1-3H3. The molecule has 1 aromatic heterocycles. The fraction of sp³-hybridized carbons (Fsp3) is 0.824. The molecule has 1 aromatic rings. The summed E-state index contributed by atoms with van der Waals surface area (Å²) in [5, 5.41) is 4.91. The summed E-state index contributed by atoms with van der Waals surface area (Å²) in [6.45, 7) is 7.76. The Bertz CT molecular complexity index is 416. The number of aromatic nitrogens is 2. The van der Waals surface area contributed by atoms with Gasteiger partial charge in [-0.3, -0.25) is 4.68 Å². The smallest absolute Gasteiger partial charge is 0.0657 e. The van der Waals surface area contributed by atoms with Crippen molar-refractivity contribution in [3.05, 3.63) is 17.0 Å². The lowest BCUT2D eigenvalue weighted by atomic mass is 10.00. The largest absolute Gasteiger partial charge is 0.327 e. The molecule has 0 saturated heterocycles.